The third-order valence-corrected chi connectivity index (χ3v) is 3.63. The molecule has 0 unspecified atom stereocenters. The zero-order valence-electron chi connectivity index (χ0n) is 10.3. The van der Waals surface area contributed by atoms with E-state index in [4.69, 9.17) is 0 Å². The summed E-state index contributed by atoms with van der Waals surface area (Å²) in [5.74, 6) is 0.687. The lowest BCUT2D eigenvalue weighted by molar-refractivity contribution is 0.474. The molecule has 2 aromatic rings. The molecule has 0 aliphatic carbocycles. The Hall–Kier alpha value is -1.80. The second-order valence-corrected chi connectivity index (χ2v) is 4.80. The Balaban J connectivity index is 2.08. The van der Waals surface area contributed by atoms with Gasteiger partial charge in [-0.25, -0.2) is 0 Å². The number of rotatable bonds is 1. The Kier molecular flexibility index (Phi) is 3.03. The molecule has 0 fully saturated rings. The fourth-order valence-electron chi connectivity index (χ4n) is 2.70. The molecular weight excluding hydrogens is 222 g/mol. The van der Waals surface area contributed by atoms with Crippen LogP contribution in [0.25, 0.3) is 0 Å². The van der Waals surface area contributed by atoms with Crippen LogP contribution in [0.1, 0.15) is 22.6 Å². The van der Waals surface area contributed by atoms with Crippen LogP contribution in [0.2, 0.25) is 0 Å². The number of fused-ring (bicyclic) bond motifs is 1. The van der Waals surface area contributed by atoms with Crippen molar-refractivity contribution in [3.05, 3.63) is 65.2 Å². The van der Waals surface area contributed by atoms with Crippen molar-refractivity contribution in [3.8, 4) is 5.75 Å². The molecule has 2 nitrogen and oxygen atoms in total. The number of aromatic hydroxyl groups is 1. The molecule has 0 radical (unpaired) electrons. The lowest BCUT2D eigenvalue weighted by Gasteiger charge is -2.18. The summed E-state index contributed by atoms with van der Waals surface area (Å²) >= 11 is 0. The molecule has 92 valence electrons. The number of nitrogens with one attached hydrogen (secondary N) is 1. The number of hydrogen-bond acceptors (Lipinski definition) is 2. The molecule has 1 atom stereocenters. The van der Waals surface area contributed by atoms with Gasteiger partial charge in [-0.15, -0.1) is 0 Å². The second kappa shape index (κ2) is 4.83. The van der Waals surface area contributed by atoms with E-state index in [0.29, 0.717) is 11.7 Å². The molecule has 1 aliphatic rings. The van der Waals surface area contributed by atoms with E-state index < -0.39 is 0 Å². The van der Waals surface area contributed by atoms with Crippen molar-refractivity contribution in [2.75, 3.05) is 13.1 Å². The van der Waals surface area contributed by atoms with Gasteiger partial charge >= 0.3 is 0 Å². The van der Waals surface area contributed by atoms with Crippen molar-refractivity contribution in [2.24, 2.45) is 0 Å². The minimum absolute atomic E-state index is 0.329. The largest absolute Gasteiger partial charge is 0.508 e. The third kappa shape index (κ3) is 2.12. The van der Waals surface area contributed by atoms with Gasteiger partial charge in [0.25, 0.3) is 0 Å². The first-order valence-corrected chi connectivity index (χ1v) is 6.42. The fourth-order valence-corrected chi connectivity index (χ4v) is 2.70. The SMILES string of the molecule is Oc1ccc2c(c1)[C@@H](c1ccccc1)CNCC2. The van der Waals surface area contributed by atoms with Gasteiger partial charge in [-0.2, -0.15) is 0 Å². The van der Waals surface area contributed by atoms with Gasteiger partial charge in [-0.1, -0.05) is 36.4 Å². The van der Waals surface area contributed by atoms with Crippen LogP contribution in [0.4, 0.5) is 0 Å². The van der Waals surface area contributed by atoms with Gasteiger partial charge in [0.15, 0.2) is 0 Å². The fraction of sp³-hybridized carbons (Fsp3) is 0.250. The highest BCUT2D eigenvalue weighted by atomic mass is 16.3. The molecule has 1 heterocycles. The molecule has 1 aliphatic heterocycles. The van der Waals surface area contributed by atoms with E-state index in [9.17, 15) is 5.11 Å². The Labute approximate surface area is 107 Å². The van der Waals surface area contributed by atoms with Crippen molar-refractivity contribution in [3.63, 3.8) is 0 Å². The molecule has 0 amide bonds. The van der Waals surface area contributed by atoms with Gasteiger partial charge in [-0.05, 0) is 41.8 Å². The van der Waals surface area contributed by atoms with Gasteiger partial charge in [0, 0.05) is 12.5 Å². The van der Waals surface area contributed by atoms with E-state index >= 15 is 0 Å². The summed E-state index contributed by atoms with van der Waals surface area (Å²) in [5, 5.41) is 13.2. The summed E-state index contributed by atoms with van der Waals surface area (Å²) in [7, 11) is 0. The lowest BCUT2D eigenvalue weighted by Crippen LogP contribution is -2.20. The van der Waals surface area contributed by atoms with E-state index in [1.807, 2.05) is 18.2 Å². The van der Waals surface area contributed by atoms with Gasteiger partial charge in [0.2, 0.25) is 0 Å². The zero-order valence-corrected chi connectivity index (χ0v) is 10.3. The molecule has 3 rings (SSSR count). The minimum Gasteiger partial charge on any atom is -0.508 e. The molecule has 0 spiro atoms. The molecular formula is C16H17NO. The maximum atomic E-state index is 9.72. The maximum absolute atomic E-state index is 9.72. The molecule has 2 heteroatoms. The molecule has 18 heavy (non-hydrogen) atoms. The highest BCUT2D eigenvalue weighted by molar-refractivity contribution is 5.43. The molecule has 0 saturated heterocycles. The summed E-state index contributed by atoms with van der Waals surface area (Å²) in [6, 6.07) is 16.2. The molecule has 0 bridgehead atoms. The Morgan fingerprint density at radius 1 is 1.06 bits per heavy atom. The number of benzene rings is 2. The van der Waals surface area contributed by atoms with Crippen LogP contribution in [0.15, 0.2) is 48.5 Å². The smallest absolute Gasteiger partial charge is 0.115 e. The average molecular weight is 239 g/mol. The first-order chi connectivity index (χ1) is 8.84. The summed E-state index contributed by atoms with van der Waals surface area (Å²) in [6.45, 7) is 1.93. The molecule has 0 aromatic heterocycles. The lowest BCUT2D eigenvalue weighted by atomic mass is 9.88. The van der Waals surface area contributed by atoms with E-state index in [1.165, 1.54) is 16.7 Å². The quantitative estimate of drug-likeness (QED) is 0.802. The minimum atomic E-state index is 0.329. The number of phenolic OH excluding ortho intramolecular Hbond substituents is 1. The van der Waals surface area contributed by atoms with Gasteiger partial charge in [0.05, 0.1) is 0 Å². The van der Waals surface area contributed by atoms with Gasteiger partial charge in [-0.3, -0.25) is 0 Å². The van der Waals surface area contributed by atoms with E-state index in [-0.39, 0.29) is 0 Å². The maximum Gasteiger partial charge on any atom is 0.115 e. The van der Waals surface area contributed by atoms with Crippen LogP contribution < -0.4 is 5.32 Å². The van der Waals surface area contributed by atoms with Crippen LogP contribution >= 0.6 is 0 Å². The topological polar surface area (TPSA) is 32.3 Å². The number of hydrogen-bond donors (Lipinski definition) is 2. The first kappa shape index (κ1) is 11.3. The summed E-state index contributed by atoms with van der Waals surface area (Å²) in [4.78, 5) is 0. The third-order valence-electron chi connectivity index (χ3n) is 3.63. The van der Waals surface area contributed by atoms with Gasteiger partial charge in [0.1, 0.15) is 5.75 Å². The van der Waals surface area contributed by atoms with Crippen LogP contribution in [-0.4, -0.2) is 18.2 Å². The monoisotopic (exact) mass is 239 g/mol. The average Bonchev–Trinajstić information content (AvgIpc) is 2.61. The van der Waals surface area contributed by atoms with Gasteiger partial charge < -0.3 is 10.4 Å². The Morgan fingerprint density at radius 3 is 2.72 bits per heavy atom. The van der Waals surface area contributed by atoms with Crippen molar-refractivity contribution in [2.45, 2.75) is 12.3 Å². The first-order valence-electron chi connectivity index (χ1n) is 6.42. The Bertz CT molecular complexity index is 536. The predicted octanol–water partition coefficient (Wildman–Crippen LogP) is 2.67. The Morgan fingerprint density at radius 2 is 1.89 bits per heavy atom. The summed E-state index contributed by atoms with van der Waals surface area (Å²) in [5.41, 5.74) is 3.90. The van der Waals surface area contributed by atoms with Crippen molar-refractivity contribution in [1.82, 2.24) is 5.32 Å². The second-order valence-electron chi connectivity index (χ2n) is 4.80. The van der Waals surface area contributed by atoms with Crippen molar-refractivity contribution >= 4 is 0 Å². The molecule has 2 N–H and O–H groups in total. The van der Waals surface area contributed by atoms with Crippen molar-refractivity contribution in [1.29, 1.82) is 0 Å². The highest BCUT2D eigenvalue weighted by Crippen LogP contribution is 2.31. The molecule has 2 aromatic carbocycles. The van der Waals surface area contributed by atoms with E-state index in [0.717, 1.165) is 19.5 Å². The van der Waals surface area contributed by atoms with Crippen LogP contribution in [0.5, 0.6) is 5.75 Å². The zero-order chi connectivity index (χ0) is 12.4. The number of phenols is 1. The van der Waals surface area contributed by atoms with Crippen molar-refractivity contribution < 1.29 is 5.11 Å². The van der Waals surface area contributed by atoms with Crippen LogP contribution in [0.3, 0.4) is 0 Å². The van der Waals surface area contributed by atoms with Crippen LogP contribution in [-0.2, 0) is 6.42 Å². The highest BCUT2D eigenvalue weighted by Gasteiger charge is 2.20. The standard InChI is InChI=1S/C16H17NO/c18-14-7-6-13-8-9-17-11-16(15(13)10-14)12-4-2-1-3-5-12/h1-7,10,16-18H,8-9,11H2/t16-/m1/s1. The normalized spacial score (nSPS) is 19.0. The predicted molar refractivity (Wildman–Crippen MR) is 73.0 cm³/mol. The summed E-state index contributed by atoms with van der Waals surface area (Å²) < 4.78 is 0. The van der Waals surface area contributed by atoms with Crippen LogP contribution in [0, 0.1) is 0 Å². The molecule has 0 saturated carbocycles. The van der Waals surface area contributed by atoms with E-state index in [2.05, 4.69) is 29.6 Å². The summed E-state index contributed by atoms with van der Waals surface area (Å²) in [6.07, 6.45) is 1.03. The van der Waals surface area contributed by atoms with E-state index in [1.54, 1.807) is 6.07 Å².